The average molecular weight is 139 g/mol. The Morgan fingerprint density at radius 1 is 1.50 bits per heavy atom. The van der Waals surface area contributed by atoms with E-state index < -0.39 is 0 Å². The van der Waals surface area contributed by atoms with E-state index in [9.17, 15) is 4.91 Å². The van der Waals surface area contributed by atoms with Crippen LogP contribution in [-0.4, -0.2) is 9.78 Å². The predicted molar refractivity (Wildman–Crippen MR) is 38.1 cm³/mol. The monoisotopic (exact) mass is 139 g/mol. The molecule has 0 amide bonds. The number of aryl methyl sites for hydroxylation is 2. The molecule has 10 heavy (non-hydrogen) atoms. The van der Waals surface area contributed by atoms with Crippen molar-refractivity contribution in [2.45, 2.75) is 13.8 Å². The van der Waals surface area contributed by atoms with Gasteiger partial charge < -0.3 is 0 Å². The third-order valence-corrected chi connectivity index (χ3v) is 1.56. The minimum atomic E-state index is 0.461. The van der Waals surface area contributed by atoms with Crippen LogP contribution in [0.15, 0.2) is 5.18 Å². The van der Waals surface area contributed by atoms with E-state index in [1.807, 2.05) is 6.92 Å². The second-order valence-corrected chi connectivity index (χ2v) is 2.23. The van der Waals surface area contributed by atoms with Crippen LogP contribution >= 0.6 is 0 Å². The van der Waals surface area contributed by atoms with Crippen molar-refractivity contribution < 1.29 is 0 Å². The Morgan fingerprint density at radius 3 is 2.30 bits per heavy atom. The molecule has 4 nitrogen and oxygen atoms in total. The summed E-state index contributed by atoms with van der Waals surface area (Å²) in [6.07, 6.45) is 0. The molecule has 0 radical (unpaired) electrons. The second-order valence-electron chi connectivity index (χ2n) is 2.23. The van der Waals surface area contributed by atoms with Crippen molar-refractivity contribution in [3.63, 3.8) is 0 Å². The Bertz CT molecular complexity index is 264. The largest absolute Gasteiger partial charge is 0.270 e. The number of hydrogen-bond acceptors (Lipinski definition) is 3. The zero-order valence-corrected chi connectivity index (χ0v) is 6.25. The van der Waals surface area contributed by atoms with Crippen molar-refractivity contribution in [2.75, 3.05) is 0 Å². The van der Waals surface area contributed by atoms with Gasteiger partial charge in [-0.1, -0.05) is 0 Å². The molecular formula is C6H9N3O. The molecule has 0 bridgehead atoms. The van der Waals surface area contributed by atoms with Gasteiger partial charge in [-0.2, -0.15) is 5.10 Å². The molecule has 4 heteroatoms. The lowest BCUT2D eigenvalue weighted by Crippen LogP contribution is -1.91. The highest BCUT2D eigenvalue weighted by Gasteiger charge is 2.07. The quantitative estimate of drug-likeness (QED) is 0.552. The normalized spacial score (nSPS) is 9.90. The van der Waals surface area contributed by atoms with Crippen LogP contribution in [0.25, 0.3) is 0 Å². The maximum Gasteiger partial charge on any atom is 0.151 e. The summed E-state index contributed by atoms with van der Waals surface area (Å²) in [5, 5.41) is 6.86. The number of rotatable bonds is 1. The summed E-state index contributed by atoms with van der Waals surface area (Å²) in [4.78, 5) is 10.2. The Kier molecular flexibility index (Phi) is 1.53. The first-order chi connectivity index (χ1) is 4.66. The number of hydrogen-bond donors (Lipinski definition) is 0. The van der Waals surface area contributed by atoms with Crippen molar-refractivity contribution in [2.24, 2.45) is 12.2 Å². The van der Waals surface area contributed by atoms with E-state index >= 15 is 0 Å². The fourth-order valence-corrected chi connectivity index (χ4v) is 0.895. The molecule has 1 aromatic heterocycles. The Hall–Kier alpha value is -1.19. The highest BCUT2D eigenvalue weighted by molar-refractivity contribution is 5.45. The van der Waals surface area contributed by atoms with Gasteiger partial charge in [0.15, 0.2) is 5.69 Å². The molecule has 54 valence electrons. The second kappa shape index (κ2) is 2.21. The molecule has 0 unspecified atom stereocenters. The van der Waals surface area contributed by atoms with E-state index in [1.54, 1.807) is 18.7 Å². The lowest BCUT2D eigenvalue weighted by Gasteiger charge is -1.89. The molecule has 0 saturated carbocycles. The van der Waals surface area contributed by atoms with Gasteiger partial charge in [0.25, 0.3) is 0 Å². The fraction of sp³-hybridized carbons (Fsp3) is 0.500. The molecule has 0 aliphatic rings. The van der Waals surface area contributed by atoms with Crippen LogP contribution in [0.3, 0.4) is 0 Å². The molecule has 0 aliphatic carbocycles. The minimum absolute atomic E-state index is 0.461. The first-order valence-electron chi connectivity index (χ1n) is 3.00. The highest BCUT2D eigenvalue weighted by Crippen LogP contribution is 2.20. The zero-order chi connectivity index (χ0) is 7.72. The van der Waals surface area contributed by atoms with Crippen molar-refractivity contribution >= 4 is 5.69 Å². The lowest BCUT2D eigenvalue weighted by atomic mass is 10.3. The van der Waals surface area contributed by atoms with Crippen LogP contribution in [0.1, 0.15) is 11.4 Å². The molecule has 0 atom stereocenters. The topological polar surface area (TPSA) is 47.2 Å². The van der Waals surface area contributed by atoms with Gasteiger partial charge in [-0.3, -0.25) is 4.68 Å². The molecular weight excluding hydrogens is 130 g/mol. The average Bonchev–Trinajstić information content (AvgIpc) is 2.09. The summed E-state index contributed by atoms with van der Waals surface area (Å²) >= 11 is 0. The Morgan fingerprint density at radius 2 is 2.10 bits per heavy atom. The van der Waals surface area contributed by atoms with Gasteiger partial charge in [-0.25, -0.2) is 0 Å². The van der Waals surface area contributed by atoms with Gasteiger partial charge >= 0.3 is 0 Å². The summed E-state index contributed by atoms with van der Waals surface area (Å²) in [5.74, 6) is 0. The molecule has 0 fully saturated rings. The molecule has 0 saturated heterocycles. The van der Waals surface area contributed by atoms with E-state index in [1.165, 1.54) is 0 Å². The van der Waals surface area contributed by atoms with E-state index in [-0.39, 0.29) is 0 Å². The molecule has 1 aromatic rings. The highest BCUT2D eigenvalue weighted by atomic mass is 16.3. The van der Waals surface area contributed by atoms with Crippen molar-refractivity contribution in [1.29, 1.82) is 0 Å². The summed E-state index contributed by atoms with van der Waals surface area (Å²) in [6.45, 7) is 3.58. The maximum absolute atomic E-state index is 10.2. The van der Waals surface area contributed by atoms with Gasteiger partial charge in [0.1, 0.15) is 0 Å². The van der Waals surface area contributed by atoms with E-state index in [4.69, 9.17) is 0 Å². The summed E-state index contributed by atoms with van der Waals surface area (Å²) in [5.41, 5.74) is 1.96. The summed E-state index contributed by atoms with van der Waals surface area (Å²) in [6, 6.07) is 0. The van der Waals surface area contributed by atoms with E-state index in [0.29, 0.717) is 11.4 Å². The fourth-order valence-electron chi connectivity index (χ4n) is 0.895. The number of nitrogens with zero attached hydrogens (tertiary/aromatic N) is 3. The van der Waals surface area contributed by atoms with Crippen molar-refractivity contribution in [3.8, 4) is 0 Å². The molecule has 1 heterocycles. The van der Waals surface area contributed by atoms with Crippen molar-refractivity contribution in [1.82, 2.24) is 9.78 Å². The van der Waals surface area contributed by atoms with Crippen LogP contribution in [0.5, 0.6) is 0 Å². The van der Waals surface area contributed by atoms with Gasteiger partial charge in [0.05, 0.1) is 11.4 Å². The smallest absolute Gasteiger partial charge is 0.151 e. The molecule has 0 aromatic carbocycles. The Balaban J connectivity index is 3.33. The van der Waals surface area contributed by atoms with Crippen LogP contribution in [-0.2, 0) is 7.05 Å². The zero-order valence-electron chi connectivity index (χ0n) is 6.25. The van der Waals surface area contributed by atoms with E-state index in [0.717, 1.165) is 5.69 Å². The third kappa shape index (κ3) is 0.814. The van der Waals surface area contributed by atoms with Crippen LogP contribution in [0.2, 0.25) is 0 Å². The van der Waals surface area contributed by atoms with Crippen molar-refractivity contribution in [3.05, 3.63) is 16.3 Å². The number of nitroso groups, excluding NO2 is 1. The molecule has 0 spiro atoms. The van der Waals surface area contributed by atoms with Gasteiger partial charge in [-0.15, -0.1) is 4.91 Å². The number of aromatic nitrogens is 2. The van der Waals surface area contributed by atoms with Crippen LogP contribution < -0.4 is 0 Å². The first kappa shape index (κ1) is 6.92. The molecule has 1 rings (SSSR count). The van der Waals surface area contributed by atoms with Gasteiger partial charge in [0.2, 0.25) is 0 Å². The SMILES string of the molecule is Cc1nn(C)c(C)c1N=O. The maximum atomic E-state index is 10.2. The third-order valence-electron chi connectivity index (χ3n) is 1.56. The van der Waals surface area contributed by atoms with Gasteiger partial charge in [-0.05, 0) is 19.0 Å². The summed E-state index contributed by atoms with van der Waals surface area (Å²) < 4.78 is 1.64. The predicted octanol–water partition coefficient (Wildman–Crippen LogP) is 1.43. The standard InChI is InChI=1S/C6H9N3O/c1-4-6(8-10)5(2)9(3)7-4/h1-3H3. The molecule has 0 aliphatic heterocycles. The van der Waals surface area contributed by atoms with Crippen LogP contribution in [0.4, 0.5) is 5.69 Å². The lowest BCUT2D eigenvalue weighted by molar-refractivity contribution is 0.731. The minimum Gasteiger partial charge on any atom is -0.270 e. The Labute approximate surface area is 58.8 Å². The van der Waals surface area contributed by atoms with E-state index in [2.05, 4.69) is 10.3 Å². The first-order valence-corrected chi connectivity index (χ1v) is 3.00. The molecule has 0 N–H and O–H groups in total. The van der Waals surface area contributed by atoms with Crippen LogP contribution in [0, 0.1) is 18.8 Å². The van der Waals surface area contributed by atoms with Gasteiger partial charge in [0, 0.05) is 7.05 Å². The summed E-state index contributed by atoms with van der Waals surface area (Å²) in [7, 11) is 1.79.